The van der Waals surface area contributed by atoms with Gasteiger partial charge in [-0.25, -0.2) is 0 Å². The molecule has 8 heteroatoms. The first kappa shape index (κ1) is 18.7. The summed E-state index contributed by atoms with van der Waals surface area (Å²) < 4.78 is 0. The van der Waals surface area contributed by atoms with Crippen molar-refractivity contribution in [2.24, 2.45) is 5.73 Å². The molecule has 0 radical (unpaired) electrons. The number of hydrogen-bond donors (Lipinski definition) is 2. The Labute approximate surface area is 159 Å². The topological polar surface area (TPSA) is 125 Å². The molecule has 4 N–H and O–H groups in total. The summed E-state index contributed by atoms with van der Waals surface area (Å²) in [6.45, 7) is 3.19. The molecule has 3 rings (SSSR count). The number of hydrogen-bond acceptors (Lipinski definition) is 6. The fraction of sp³-hybridized carbons (Fsp3) is 0.158. The van der Waals surface area contributed by atoms with Crippen LogP contribution >= 0.6 is 11.8 Å². The standard InChI is InChI=1S/C19H18N4O3S/c1-19(2,18(21)24)13-8-15(23(25)26)17(9-14(13)20)27-16-5-3-4-11-10-22-7-6-12(11)16/h3-10H,20H2,1-2H3,(H2,21,24). The Morgan fingerprint density at radius 1 is 1.22 bits per heavy atom. The first-order valence-corrected chi connectivity index (χ1v) is 8.92. The molecule has 1 amide bonds. The number of aromatic nitrogens is 1. The number of benzene rings is 2. The second-order valence-electron chi connectivity index (χ2n) is 6.61. The molecule has 1 heterocycles. The Kier molecular flexibility index (Phi) is 4.75. The van der Waals surface area contributed by atoms with E-state index in [0.717, 1.165) is 15.7 Å². The van der Waals surface area contributed by atoms with Crippen molar-refractivity contribution in [2.75, 3.05) is 5.73 Å². The maximum Gasteiger partial charge on any atom is 0.283 e. The molecular weight excluding hydrogens is 364 g/mol. The Morgan fingerprint density at radius 2 is 1.96 bits per heavy atom. The number of fused-ring (bicyclic) bond motifs is 1. The van der Waals surface area contributed by atoms with Crippen molar-refractivity contribution in [3.63, 3.8) is 0 Å². The molecule has 138 valence electrons. The molecule has 3 aromatic rings. The quantitative estimate of drug-likeness (QED) is 0.394. The fourth-order valence-electron chi connectivity index (χ4n) is 2.78. The number of rotatable bonds is 5. The van der Waals surface area contributed by atoms with Crippen LogP contribution in [0.2, 0.25) is 0 Å². The van der Waals surface area contributed by atoms with Gasteiger partial charge in [-0.2, -0.15) is 0 Å². The number of nitrogen functional groups attached to an aromatic ring is 1. The summed E-state index contributed by atoms with van der Waals surface area (Å²) in [6.07, 6.45) is 3.41. The summed E-state index contributed by atoms with van der Waals surface area (Å²) in [5.74, 6) is -0.606. The molecule has 2 aromatic carbocycles. The Bertz CT molecular complexity index is 1060. The van der Waals surface area contributed by atoms with E-state index in [2.05, 4.69) is 4.98 Å². The maximum atomic E-state index is 11.8. The lowest BCUT2D eigenvalue weighted by Crippen LogP contribution is -2.36. The minimum Gasteiger partial charge on any atom is -0.398 e. The molecule has 0 saturated carbocycles. The number of nitrogens with two attached hydrogens (primary N) is 2. The van der Waals surface area contributed by atoms with E-state index in [1.807, 2.05) is 24.3 Å². The van der Waals surface area contributed by atoms with Gasteiger partial charge in [0.2, 0.25) is 5.91 Å². The largest absolute Gasteiger partial charge is 0.398 e. The van der Waals surface area contributed by atoms with Crippen LogP contribution < -0.4 is 11.5 Å². The molecule has 0 spiro atoms. The van der Waals surface area contributed by atoms with Gasteiger partial charge in [0.15, 0.2) is 0 Å². The smallest absolute Gasteiger partial charge is 0.283 e. The highest BCUT2D eigenvalue weighted by atomic mass is 32.2. The average molecular weight is 382 g/mol. The third kappa shape index (κ3) is 3.43. The number of primary amides is 1. The minimum absolute atomic E-state index is 0.121. The Balaban J connectivity index is 2.14. The number of carbonyl (C=O) groups is 1. The van der Waals surface area contributed by atoms with E-state index < -0.39 is 16.2 Å². The van der Waals surface area contributed by atoms with E-state index >= 15 is 0 Å². The first-order valence-electron chi connectivity index (χ1n) is 8.10. The van der Waals surface area contributed by atoms with Gasteiger partial charge in [-0.1, -0.05) is 23.9 Å². The zero-order valence-corrected chi connectivity index (χ0v) is 15.6. The molecule has 1 aromatic heterocycles. The highest BCUT2D eigenvalue weighted by Gasteiger charge is 2.32. The van der Waals surface area contributed by atoms with E-state index in [0.29, 0.717) is 10.5 Å². The minimum atomic E-state index is -1.12. The zero-order valence-electron chi connectivity index (χ0n) is 14.8. The highest BCUT2D eigenvalue weighted by Crippen LogP contribution is 2.42. The van der Waals surface area contributed by atoms with E-state index in [1.165, 1.54) is 23.9 Å². The lowest BCUT2D eigenvalue weighted by molar-refractivity contribution is -0.387. The monoisotopic (exact) mass is 382 g/mol. The van der Waals surface area contributed by atoms with Crippen LogP contribution in [0, 0.1) is 10.1 Å². The first-order chi connectivity index (χ1) is 12.7. The van der Waals surface area contributed by atoms with Crippen LogP contribution in [0.15, 0.2) is 58.6 Å². The molecule has 0 atom stereocenters. The molecule has 27 heavy (non-hydrogen) atoms. The third-order valence-electron chi connectivity index (χ3n) is 4.48. The van der Waals surface area contributed by atoms with Gasteiger partial charge in [0, 0.05) is 34.4 Å². The number of amides is 1. The normalized spacial score (nSPS) is 11.5. The van der Waals surface area contributed by atoms with Crippen LogP contribution in [0.5, 0.6) is 0 Å². The molecule has 0 fully saturated rings. The molecule has 7 nitrogen and oxygen atoms in total. The summed E-state index contributed by atoms with van der Waals surface area (Å²) in [4.78, 5) is 28.3. The Hall–Kier alpha value is -3.13. The summed E-state index contributed by atoms with van der Waals surface area (Å²) in [5.41, 5.74) is 11.0. The van der Waals surface area contributed by atoms with Crippen LogP contribution in [0.4, 0.5) is 11.4 Å². The molecule has 0 unspecified atom stereocenters. The number of carbonyl (C=O) groups excluding carboxylic acids is 1. The van der Waals surface area contributed by atoms with Crippen molar-refractivity contribution >= 4 is 39.8 Å². The van der Waals surface area contributed by atoms with E-state index in [1.54, 1.807) is 26.2 Å². The second-order valence-corrected chi connectivity index (χ2v) is 7.69. The number of nitrogens with zero attached hydrogens (tertiary/aromatic N) is 2. The second kappa shape index (κ2) is 6.88. The van der Waals surface area contributed by atoms with E-state index in [4.69, 9.17) is 11.5 Å². The molecule has 0 aliphatic rings. The van der Waals surface area contributed by atoms with Gasteiger partial charge in [0.1, 0.15) is 0 Å². The average Bonchev–Trinajstić information content (AvgIpc) is 2.61. The van der Waals surface area contributed by atoms with Gasteiger partial charge < -0.3 is 11.5 Å². The lowest BCUT2D eigenvalue weighted by Gasteiger charge is -2.23. The molecule has 0 bridgehead atoms. The van der Waals surface area contributed by atoms with Crippen molar-refractivity contribution in [3.8, 4) is 0 Å². The summed E-state index contributed by atoms with van der Waals surface area (Å²) >= 11 is 1.25. The summed E-state index contributed by atoms with van der Waals surface area (Å²) in [5, 5.41) is 13.5. The van der Waals surface area contributed by atoms with E-state index in [9.17, 15) is 14.9 Å². The summed E-state index contributed by atoms with van der Waals surface area (Å²) in [7, 11) is 0. The van der Waals surface area contributed by atoms with Crippen molar-refractivity contribution in [1.29, 1.82) is 0 Å². The van der Waals surface area contributed by atoms with Gasteiger partial charge in [0.25, 0.3) is 5.69 Å². The Morgan fingerprint density at radius 3 is 2.63 bits per heavy atom. The van der Waals surface area contributed by atoms with Crippen LogP contribution in [-0.4, -0.2) is 15.8 Å². The fourth-order valence-corrected chi connectivity index (χ4v) is 3.89. The summed E-state index contributed by atoms with van der Waals surface area (Å²) in [6, 6.07) is 10.4. The zero-order chi connectivity index (χ0) is 19.8. The van der Waals surface area contributed by atoms with Crippen LogP contribution in [-0.2, 0) is 10.2 Å². The molecule has 0 saturated heterocycles. The number of anilines is 1. The molecular formula is C19H18N4O3S. The van der Waals surface area contributed by atoms with E-state index in [-0.39, 0.29) is 11.4 Å². The number of pyridine rings is 1. The van der Waals surface area contributed by atoms with Gasteiger partial charge >= 0.3 is 0 Å². The van der Waals surface area contributed by atoms with Gasteiger partial charge in [-0.15, -0.1) is 0 Å². The lowest BCUT2D eigenvalue weighted by atomic mass is 9.82. The van der Waals surface area contributed by atoms with Gasteiger partial charge in [-0.05, 0) is 43.0 Å². The molecule has 0 aliphatic heterocycles. The van der Waals surface area contributed by atoms with Gasteiger partial charge in [0.05, 0.1) is 15.2 Å². The van der Waals surface area contributed by atoms with Crippen LogP contribution in [0.25, 0.3) is 10.8 Å². The predicted octanol–water partition coefficient (Wildman–Crippen LogP) is 3.64. The van der Waals surface area contributed by atoms with Crippen molar-refractivity contribution in [2.45, 2.75) is 29.1 Å². The van der Waals surface area contributed by atoms with Gasteiger partial charge in [-0.3, -0.25) is 19.9 Å². The van der Waals surface area contributed by atoms with Crippen LogP contribution in [0.3, 0.4) is 0 Å². The van der Waals surface area contributed by atoms with Crippen LogP contribution in [0.1, 0.15) is 19.4 Å². The SMILES string of the molecule is CC(C)(C(N)=O)c1cc([N+](=O)[O-])c(Sc2cccc3cnccc23)cc1N. The third-order valence-corrected chi connectivity index (χ3v) is 5.60. The maximum absolute atomic E-state index is 11.8. The number of nitro benzene ring substituents is 1. The molecule has 0 aliphatic carbocycles. The highest BCUT2D eigenvalue weighted by molar-refractivity contribution is 7.99. The van der Waals surface area contributed by atoms with Crippen molar-refractivity contribution in [3.05, 3.63) is 64.5 Å². The number of nitro groups is 1. The van der Waals surface area contributed by atoms with Crippen molar-refractivity contribution in [1.82, 2.24) is 4.98 Å². The predicted molar refractivity (Wildman–Crippen MR) is 106 cm³/mol. The van der Waals surface area contributed by atoms with Crippen molar-refractivity contribution < 1.29 is 9.72 Å².